The Kier molecular flexibility index (Phi) is 5.60. The van der Waals surface area contributed by atoms with Gasteiger partial charge in [-0.1, -0.05) is 11.6 Å². The third kappa shape index (κ3) is 4.17. The van der Waals surface area contributed by atoms with Gasteiger partial charge in [0.1, 0.15) is 5.82 Å². The quantitative estimate of drug-likeness (QED) is 0.839. The maximum absolute atomic E-state index is 12.7. The summed E-state index contributed by atoms with van der Waals surface area (Å²) in [4.78, 5) is 16.7. The van der Waals surface area contributed by atoms with E-state index in [1.165, 1.54) is 10.5 Å². The van der Waals surface area contributed by atoms with Gasteiger partial charge in [0.05, 0.1) is 0 Å². The zero-order valence-corrected chi connectivity index (χ0v) is 17.1. The molecule has 0 atom stereocenters. The Bertz CT molecular complexity index is 943. The number of amides is 1. The van der Waals surface area contributed by atoms with Crippen molar-refractivity contribution in [1.29, 1.82) is 0 Å². The lowest BCUT2D eigenvalue weighted by molar-refractivity contribution is -0.120. The van der Waals surface area contributed by atoms with Crippen molar-refractivity contribution in [2.45, 2.75) is 31.7 Å². The molecule has 0 bridgehead atoms. The molecule has 1 aromatic heterocycles. The highest BCUT2D eigenvalue weighted by atomic mass is 35.5. The third-order valence-corrected chi connectivity index (χ3v) is 6.97. The van der Waals surface area contributed by atoms with Crippen molar-refractivity contribution in [2.24, 2.45) is 13.0 Å². The van der Waals surface area contributed by atoms with E-state index in [4.69, 9.17) is 11.6 Å². The normalized spacial score (nSPS) is 16.4. The van der Waals surface area contributed by atoms with Gasteiger partial charge in [-0.15, -0.1) is 0 Å². The molecule has 0 radical (unpaired) electrons. The van der Waals surface area contributed by atoms with Crippen LogP contribution in [0.1, 0.15) is 24.2 Å². The van der Waals surface area contributed by atoms with Gasteiger partial charge in [-0.2, -0.15) is 4.31 Å². The number of nitrogens with one attached hydrogen (secondary N) is 1. The summed E-state index contributed by atoms with van der Waals surface area (Å²) in [5.74, 6) is 0.323. The number of sulfonamides is 1. The molecule has 1 aliphatic rings. The van der Waals surface area contributed by atoms with Crippen LogP contribution in [0.5, 0.6) is 0 Å². The van der Waals surface area contributed by atoms with Crippen LogP contribution in [0.15, 0.2) is 29.4 Å². The van der Waals surface area contributed by atoms with Crippen LogP contribution in [0.3, 0.4) is 0 Å². The van der Waals surface area contributed by atoms with E-state index >= 15 is 0 Å². The second-order valence-corrected chi connectivity index (χ2v) is 9.19. The van der Waals surface area contributed by atoms with E-state index in [0.29, 0.717) is 36.8 Å². The Balaban J connectivity index is 1.63. The summed E-state index contributed by atoms with van der Waals surface area (Å²) in [6.45, 7) is 4.24. The number of halogens is 1. The molecule has 3 rings (SSSR count). The summed E-state index contributed by atoms with van der Waals surface area (Å²) in [7, 11) is -1.87. The number of nitrogens with zero attached hydrogens (tertiary/aromatic N) is 3. The smallest absolute Gasteiger partial charge is 0.262 e. The van der Waals surface area contributed by atoms with Gasteiger partial charge in [0.15, 0.2) is 5.03 Å². The van der Waals surface area contributed by atoms with Gasteiger partial charge < -0.3 is 9.88 Å². The lowest BCUT2D eigenvalue weighted by atomic mass is 9.97. The predicted octanol–water partition coefficient (Wildman–Crippen LogP) is 2.73. The van der Waals surface area contributed by atoms with Crippen molar-refractivity contribution in [1.82, 2.24) is 13.9 Å². The summed E-state index contributed by atoms with van der Waals surface area (Å²) in [6.07, 6.45) is 2.47. The number of hydrogen-bond acceptors (Lipinski definition) is 4. The molecule has 27 heavy (non-hydrogen) atoms. The van der Waals surface area contributed by atoms with Gasteiger partial charge in [0, 0.05) is 43.0 Å². The molecule has 1 saturated heterocycles. The van der Waals surface area contributed by atoms with E-state index in [9.17, 15) is 13.2 Å². The van der Waals surface area contributed by atoms with Gasteiger partial charge in [0.25, 0.3) is 10.0 Å². The minimum absolute atomic E-state index is 0.0576. The van der Waals surface area contributed by atoms with E-state index in [2.05, 4.69) is 10.3 Å². The zero-order chi connectivity index (χ0) is 19.8. The fourth-order valence-electron chi connectivity index (χ4n) is 3.14. The highest BCUT2D eigenvalue weighted by Crippen LogP contribution is 2.26. The first-order valence-corrected chi connectivity index (χ1v) is 10.6. The van der Waals surface area contributed by atoms with E-state index < -0.39 is 10.0 Å². The molecule has 2 aromatic rings. The number of benzene rings is 1. The van der Waals surface area contributed by atoms with Crippen LogP contribution in [0.25, 0.3) is 0 Å². The first-order valence-electron chi connectivity index (χ1n) is 8.75. The summed E-state index contributed by atoms with van der Waals surface area (Å²) in [6, 6.07) is 5.30. The molecule has 9 heteroatoms. The Morgan fingerprint density at radius 3 is 2.48 bits per heavy atom. The summed E-state index contributed by atoms with van der Waals surface area (Å²) in [5.41, 5.74) is 1.62. The van der Waals surface area contributed by atoms with Gasteiger partial charge in [0.2, 0.25) is 5.91 Å². The lowest BCUT2D eigenvalue weighted by Crippen LogP contribution is -2.41. The number of aryl methyl sites for hydroxylation is 3. The Labute approximate surface area is 164 Å². The minimum atomic E-state index is -3.63. The van der Waals surface area contributed by atoms with Crippen molar-refractivity contribution in [3.8, 4) is 0 Å². The molecule has 1 amide bonds. The number of hydrogen-bond donors (Lipinski definition) is 1. The molecular weight excluding hydrogens is 388 g/mol. The van der Waals surface area contributed by atoms with Gasteiger partial charge >= 0.3 is 0 Å². The van der Waals surface area contributed by atoms with E-state index in [-0.39, 0.29) is 16.9 Å². The molecule has 2 heterocycles. The second-order valence-electron chi connectivity index (χ2n) is 6.86. The van der Waals surface area contributed by atoms with Crippen LogP contribution >= 0.6 is 11.6 Å². The number of piperidine rings is 1. The average Bonchev–Trinajstić information content (AvgIpc) is 2.97. The highest BCUT2D eigenvalue weighted by Gasteiger charge is 2.33. The average molecular weight is 411 g/mol. The molecule has 0 unspecified atom stereocenters. The molecular formula is C18H23ClN4O3S. The lowest BCUT2D eigenvalue weighted by Gasteiger charge is -2.30. The molecule has 146 valence electrons. The van der Waals surface area contributed by atoms with Crippen molar-refractivity contribution in [3.63, 3.8) is 0 Å². The topological polar surface area (TPSA) is 84.3 Å². The largest absolute Gasteiger partial charge is 0.337 e. The molecule has 1 aromatic carbocycles. The number of carbonyl (C=O) groups is 1. The molecule has 1 N–H and O–H groups in total. The number of imidazole rings is 1. The summed E-state index contributed by atoms with van der Waals surface area (Å²) >= 11 is 5.94. The Morgan fingerprint density at radius 1 is 1.26 bits per heavy atom. The molecule has 1 aliphatic heterocycles. The third-order valence-electron chi connectivity index (χ3n) is 4.96. The maximum atomic E-state index is 12.7. The van der Waals surface area contributed by atoms with Crippen molar-refractivity contribution >= 4 is 33.2 Å². The summed E-state index contributed by atoms with van der Waals surface area (Å²) < 4.78 is 28.6. The number of carbonyl (C=O) groups excluding carboxylic acids is 1. The van der Waals surface area contributed by atoms with E-state index in [1.807, 2.05) is 6.92 Å². The van der Waals surface area contributed by atoms with Gasteiger partial charge in [-0.25, -0.2) is 13.4 Å². The van der Waals surface area contributed by atoms with Crippen molar-refractivity contribution in [3.05, 3.63) is 40.8 Å². The number of anilines is 1. The monoisotopic (exact) mass is 410 g/mol. The molecule has 0 aliphatic carbocycles. The molecule has 0 spiro atoms. The van der Waals surface area contributed by atoms with E-state index in [1.54, 1.807) is 36.7 Å². The highest BCUT2D eigenvalue weighted by molar-refractivity contribution is 7.89. The van der Waals surface area contributed by atoms with Crippen LogP contribution in [-0.2, 0) is 21.9 Å². The zero-order valence-electron chi connectivity index (χ0n) is 15.6. The van der Waals surface area contributed by atoms with Gasteiger partial charge in [-0.3, -0.25) is 4.79 Å². The van der Waals surface area contributed by atoms with Gasteiger partial charge in [-0.05, 0) is 50.5 Å². The summed E-state index contributed by atoms with van der Waals surface area (Å²) in [5, 5.41) is 3.60. The maximum Gasteiger partial charge on any atom is 0.262 e. The fourth-order valence-corrected chi connectivity index (χ4v) is 4.86. The molecule has 1 fully saturated rings. The Morgan fingerprint density at radius 2 is 1.93 bits per heavy atom. The fraction of sp³-hybridized carbons (Fsp3) is 0.444. The van der Waals surface area contributed by atoms with Crippen LogP contribution in [0, 0.1) is 19.8 Å². The molecule has 0 saturated carbocycles. The Hall–Kier alpha value is -1.90. The minimum Gasteiger partial charge on any atom is -0.337 e. The number of aromatic nitrogens is 2. The second kappa shape index (κ2) is 7.61. The van der Waals surface area contributed by atoms with Crippen LogP contribution in [0.2, 0.25) is 5.02 Å². The number of rotatable bonds is 4. The van der Waals surface area contributed by atoms with E-state index in [0.717, 1.165) is 11.3 Å². The van der Waals surface area contributed by atoms with Crippen LogP contribution in [-0.4, -0.2) is 41.3 Å². The van der Waals surface area contributed by atoms with Crippen LogP contribution in [0.4, 0.5) is 5.69 Å². The van der Waals surface area contributed by atoms with Crippen molar-refractivity contribution in [2.75, 3.05) is 18.4 Å². The first-order chi connectivity index (χ1) is 12.7. The predicted molar refractivity (Wildman–Crippen MR) is 104 cm³/mol. The standard InChI is InChI=1S/C18H23ClN4O3S/c1-12-10-15(19)4-5-16(12)21-18(24)14-6-8-23(9-7-14)27(25,26)17-11-22(3)13(2)20-17/h4-5,10-11,14H,6-9H2,1-3H3,(H,21,24). The first kappa shape index (κ1) is 19.9. The van der Waals surface area contributed by atoms with Crippen molar-refractivity contribution < 1.29 is 13.2 Å². The van der Waals surface area contributed by atoms with Crippen LogP contribution < -0.4 is 5.32 Å². The molecule has 7 nitrogen and oxygen atoms in total. The SMILES string of the molecule is Cc1cc(Cl)ccc1NC(=O)C1CCN(S(=O)(=O)c2cn(C)c(C)n2)CC1.